The Kier molecular flexibility index (Phi) is 5.42. The standard InChI is InChI=1S/C20H23N3O2S/c1-3-16(2)18-8-10-20(11-9-18)26(24,25)22-19-7-4-6-17(14-19)15-23-13-5-12-21-23/h4-14,16,22H,3,15H2,1-2H3. The first-order chi connectivity index (χ1) is 12.5. The third-order valence-corrected chi connectivity index (χ3v) is 5.85. The van der Waals surface area contributed by atoms with Gasteiger partial charge in [0.05, 0.1) is 11.4 Å². The number of hydrogen-bond acceptors (Lipinski definition) is 3. The first-order valence-electron chi connectivity index (χ1n) is 8.67. The van der Waals surface area contributed by atoms with Crippen molar-refractivity contribution in [2.75, 3.05) is 4.72 Å². The summed E-state index contributed by atoms with van der Waals surface area (Å²) in [5.41, 5.74) is 2.66. The van der Waals surface area contributed by atoms with Gasteiger partial charge in [-0.3, -0.25) is 9.40 Å². The van der Waals surface area contributed by atoms with E-state index in [4.69, 9.17) is 0 Å². The largest absolute Gasteiger partial charge is 0.280 e. The molecule has 3 rings (SSSR count). The molecule has 0 spiro atoms. The van der Waals surface area contributed by atoms with Crippen molar-refractivity contribution in [3.05, 3.63) is 78.1 Å². The fourth-order valence-corrected chi connectivity index (χ4v) is 3.79. The predicted molar refractivity (Wildman–Crippen MR) is 104 cm³/mol. The Bertz CT molecular complexity index is 949. The quantitative estimate of drug-likeness (QED) is 0.677. The van der Waals surface area contributed by atoms with E-state index in [0.717, 1.165) is 17.5 Å². The lowest BCUT2D eigenvalue weighted by Gasteiger charge is -2.12. The van der Waals surface area contributed by atoms with Gasteiger partial charge in [-0.15, -0.1) is 0 Å². The molecule has 0 aliphatic rings. The minimum Gasteiger partial charge on any atom is -0.280 e. The fraction of sp³-hybridized carbons (Fsp3) is 0.250. The summed E-state index contributed by atoms with van der Waals surface area (Å²) >= 11 is 0. The monoisotopic (exact) mass is 369 g/mol. The van der Waals surface area contributed by atoms with Crippen LogP contribution in [0.3, 0.4) is 0 Å². The van der Waals surface area contributed by atoms with E-state index in [1.165, 1.54) is 0 Å². The molecule has 136 valence electrons. The molecular formula is C20H23N3O2S. The van der Waals surface area contributed by atoms with Crippen LogP contribution in [0.2, 0.25) is 0 Å². The second kappa shape index (κ2) is 7.74. The molecule has 5 nitrogen and oxygen atoms in total. The summed E-state index contributed by atoms with van der Waals surface area (Å²) in [5, 5.41) is 4.17. The van der Waals surface area contributed by atoms with E-state index >= 15 is 0 Å². The Balaban J connectivity index is 1.77. The van der Waals surface area contributed by atoms with E-state index in [-0.39, 0.29) is 4.90 Å². The maximum absolute atomic E-state index is 12.7. The van der Waals surface area contributed by atoms with Gasteiger partial charge >= 0.3 is 0 Å². The van der Waals surface area contributed by atoms with Crippen molar-refractivity contribution in [1.82, 2.24) is 9.78 Å². The van der Waals surface area contributed by atoms with Crippen molar-refractivity contribution in [2.45, 2.75) is 37.6 Å². The molecule has 2 aromatic carbocycles. The number of aromatic nitrogens is 2. The molecule has 26 heavy (non-hydrogen) atoms. The molecule has 1 heterocycles. The van der Waals surface area contributed by atoms with Crippen LogP contribution in [-0.4, -0.2) is 18.2 Å². The summed E-state index contributed by atoms with van der Waals surface area (Å²) in [6.07, 6.45) is 4.61. The van der Waals surface area contributed by atoms with E-state index in [0.29, 0.717) is 18.2 Å². The Morgan fingerprint density at radius 2 is 1.88 bits per heavy atom. The minimum absolute atomic E-state index is 0.266. The second-order valence-electron chi connectivity index (χ2n) is 6.39. The highest BCUT2D eigenvalue weighted by molar-refractivity contribution is 7.92. The van der Waals surface area contributed by atoms with Crippen molar-refractivity contribution in [3.63, 3.8) is 0 Å². The zero-order valence-corrected chi connectivity index (χ0v) is 15.8. The molecule has 1 atom stereocenters. The summed E-state index contributed by atoms with van der Waals surface area (Å²) in [7, 11) is -3.61. The van der Waals surface area contributed by atoms with E-state index in [1.807, 2.05) is 42.6 Å². The molecule has 0 aliphatic heterocycles. The molecule has 0 bridgehead atoms. The average Bonchev–Trinajstić information content (AvgIpc) is 3.14. The van der Waals surface area contributed by atoms with Crippen molar-refractivity contribution in [2.24, 2.45) is 0 Å². The molecule has 0 amide bonds. The lowest BCUT2D eigenvalue weighted by Crippen LogP contribution is -2.13. The van der Waals surface area contributed by atoms with E-state index in [9.17, 15) is 8.42 Å². The summed E-state index contributed by atoms with van der Waals surface area (Å²) in [6.45, 7) is 4.84. The van der Waals surface area contributed by atoms with Crippen molar-refractivity contribution < 1.29 is 8.42 Å². The molecular weight excluding hydrogens is 346 g/mol. The van der Waals surface area contributed by atoms with E-state index in [2.05, 4.69) is 23.7 Å². The Morgan fingerprint density at radius 1 is 1.12 bits per heavy atom. The lowest BCUT2D eigenvalue weighted by atomic mass is 9.99. The van der Waals surface area contributed by atoms with Crippen LogP contribution in [0.15, 0.2) is 71.9 Å². The molecule has 0 saturated carbocycles. The van der Waals surface area contributed by atoms with Crippen molar-refractivity contribution >= 4 is 15.7 Å². The number of hydrogen-bond donors (Lipinski definition) is 1. The molecule has 1 unspecified atom stereocenters. The SMILES string of the molecule is CCC(C)c1ccc(S(=O)(=O)Nc2cccc(Cn3cccn3)c2)cc1. The fourth-order valence-electron chi connectivity index (χ4n) is 2.74. The van der Waals surface area contributed by atoms with Crippen LogP contribution < -0.4 is 4.72 Å². The Labute approximate surface area is 154 Å². The average molecular weight is 369 g/mol. The van der Waals surface area contributed by atoms with Crippen LogP contribution >= 0.6 is 0 Å². The number of benzene rings is 2. The molecule has 6 heteroatoms. The zero-order valence-electron chi connectivity index (χ0n) is 15.0. The normalized spacial score (nSPS) is 12.7. The first kappa shape index (κ1) is 18.2. The third-order valence-electron chi connectivity index (χ3n) is 4.45. The highest BCUT2D eigenvalue weighted by Crippen LogP contribution is 2.22. The number of sulfonamides is 1. The molecule has 3 aromatic rings. The van der Waals surface area contributed by atoms with Crippen LogP contribution in [0.5, 0.6) is 0 Å². The van der Waals surface area contributed by atoms with Gasteiger partial charge in [-0.25, -0.2) is 8.42 Å². The number of anilines is 1. The Hall–Kier alpha value is -2.60. The van der Waals surface area contributed by atoms with Crippen LogP contribution in [0.1, 0.15) is 37.3 Å². The van der Waals surface area contributed by atoms with Crippen LogP contribution in [0.25, 0.3) is 0 Å². The van der Waals surface area contributed by atoms with E-state index in [1.54, 1.807) is 29.1 Å². The van der Waals surface area contributed by atoms with Gasteiger partial charge in [-0.1, -0.05) is 38.1 Å². The molecule has 0 fully saturated rings. The summed E-state index contributed by atoms with van der Waals surface area (Å²) in [6, 6.07) is 16.3. The third kappa shape index (κ3) is 4.32. The molecule has 1 N–H and O–H groups in total. The van der Waals surface area contributed by atoms with Gasteiger partial charge in [0.25, 0.3) is 10.0 Å². The topological polar surface area (TPSA) is 64.0 Å². The maximum Gasteiger partial charge on any atom is 0.261 e. The van der Waals surface area contributed by atoms with Gasteiger partial charge in [-0.2, -0.15) is 5.10 Å². The maximum atomic E-state index is 12.7. The van der Waals surface area contributed by atoms with Gasteiger partial charge in [0, 0.05) is 18.1 Å². The van der Waals surface area contributed by atoms with Crippen molar-refractivity contribution in [1.29, 1.82) is 0 Å². The number of nitrogens with one attached hydrogen (secondary N) is 1. The Morgan fingerprint density at radius 3 is 2.54 bits per heavy atom. The zero-order chi connectivity index (χ0) is 18.6. The van der Waals surface area contributed by atoms with E-state index < -0.39 is 10.0 Å². The van der Waals surface area contributed by atoms with Gasteiger partial charge in [0.1, 0.15) is 0 Å². The number of nitrogens with zero attached hydrogens (tertiary/aromatic N) is 2. The molecule has 0 radical (unpaired) electrons. The summed E-state index contributed by atoms with van der Waals surface area (Å²) in [5.74, 6) is 0.415. The van der Waals surface area contributed by atoms with Crippen LogP contribution in [-0.2, 0) is 16.6 Å². The van der Waals surface area contributed by atoms with Crippen LogP contribution in [0.4, 0.5) is 5.69 Å². The molecule has 0 saturated heterocycles. The smallest absolute Gasteiger partial charge is 0.261 e. The van der Waals surface area contributed by atoms with Crippen LogP contribution in [0, 0.1) is 0 Å². The lowest BCUT2D eigenvalue weighted by molar-refractivity contribution is 0.601. The highest BCUT2D eigenvalue weighted by Gasteiger charge is 2.15. The molecule has 0 aliphatic carbocycles. The highest BCUT2D eigenvalue weighted by atomic mass is 32.2. The van der Waals surface area contributed by atoms with Crippen molar-refractivity contribution in [3.8, 4) is 0 Å². The predicted octanol–water partition coefficient (Wildman–Crippen LogP) is 4.25. The second-order valence-corrected chi connectivity index (χ2v) is 8.07. The minimum atomic E-state index is -3.61. The first-order valence-corrected chi connectivity index (χ1v) is 10.2. The van der Waals surface area contributed by atoms with Gasteiger partial charge < -0.3 is 0 Å². The number of rotatable bonds is 7. The summed E-state index contributed by atoms with van der Waals surface area (Å²) in [4.78, 5) is 0.266. The van der Waals surface area contributed by atoms with Gasteiger partial charge in [0.2, 0.25) is 0 Å². The summed E-state index contributed by atoms with van der Waals surface area (Å²) < 4.78 is 29.8. The van der Waals surface area contributed by atoms with Gasteiger partial charge in [-0.05, 0) is 53.8 Å². The van der Waals surface area contributed by atoms with Gasteiger partial charge in [0.15, 0.2) is 0 Å². The molecule has 1 aromatic heterocycles.